The van der Waals surface area contributed by atoms with Gasteiger partial charge in [0.1, 0.15) is 0 Å². The lowest BCUT2D eigenvalue weighted by Gasteiger charge is -2.31. The van der Waals surface area contributed by atoms with Crippen molar-refractivity contribution in [3.8, 4) is 0 Å². The minimum Gasteiger partial charge on any atom is -0.0991 e. The van der Waals surface area contributed by atoms with Gasteiger partial charge in [-0.2, -0.15) is 0 Å². The SMILES string of the molecule is C=CC=C([Si](C)(C)C)[Si](C)(C)C. The Balaban J connectivity index is 4.95. The molecule has 0 aliphatic heterocycles. The second kappa shape index (κ2) is 3.75. The van der Waals surface area contributed by atoms with Gasteiger partial charge in [-0.3, -0.25) is 0 Å². The summed E-state index contributed by atoms with van der Waals surface area (Å²) in [6.45, 7) is 18.3. The Morgan fingerprint density at radius 2 is 1.25 bits per heavy atom. The van der Waals surface area contributed by atoms with Crippen molar-refractivity contribution in [1.82, 2.24) is 0 Å². The molecule has 70 valence electrons. The summed E-state index contributed by atoms with van der Waals surface area (Å²) >= 11 is 0. The molecule has 0 atom stereocenters. The molecule has 12 heavy (non-hydrogen) atoms. The van der Waals surface area contributed by atoms with Crippen LogP contribution in [0.2, 0.25) is 39.3 Å². The Kier molecular flexibility index (Phi) is 3.72. The topological polar surface area (TPSA) is 0 Å². The summed E-state index contributed by atoms with van der Waals surface area (Å²) in [5.41, 5.74) is 0. The lowest BCUT2D eigenvalue weighted by molar-refractivity contribution is 1.62. The third kappa shape index (κ3) is 3.54. The molecule has 0 aliphatic carbocycles. The molecule has 0 nitrogen and oxygen atoms in total. The highest BCUT2D eigenvalue weighted by Crippen LogP contribution is 2.24. The molecule has 0 amide bonds. The van der Waals surface area contributed by atoms with Crippen LogP contribution in [0, 0.1) is 0 Å². The molecule has 2 heteroatoms. The van der Waals surface area contributed by atoms with Gasteiger partial charge in [0.2, 0.25) is 0 Å². The summed E-state index contributed by atoms with van der Waals surface area (Å²) in [6, 6.07) is 0. The van der Waals surface area contributed by atoms with Gasteiger partial charge in [-0.15, -0.1) is 0 Å². The number of hydrogen-bond acceptors (Lipinski definition) is 0. The van der Waals surface area contributed by atoms with Gasteiger partial charge < -0.3 is 0 Å². The van der Waals surface area contributed by atoms with Gasteiger partial charge in [-0.25, -0.2) is 0 Å². The van der Waals surface area contributed by atoms with E-state index in [2.05, 4.69) is 51.9 Å². The molecule has 0 aromatic carbocycles. The second-order valence-corrected chi connectivity index (χ2v) is 15.9. The van der Waals surface area contributed by atoms with Crippen LogP contribution in [0.25, 0.3) is 0 Å². The molecule has 0 rings (SSSR count). The van der Waals surface area contributed by atoms with Gasteiger partial charge in [0.05, 0.1) is 16.1 Å². The van der Waals surface area contributed by atoms with Crippen molar-refractivity contribution in [3.63, 3.8) is 0 Å². The van der Waals surface area contributed by atoms with Crippen molar-refractivity contribution in [2.75, 3.05) is 0 Å². The van der Waals surface area contributed by atoms with E-state index in [0.717, 1.165) is 0 Å². The molecule has 0 aliphatic rings. The zero-order valence-electron chi connectivity index (χ0n) is 9.36. The monoisotopic (exact) mass is 198 g/mol. The Labute approximate surface area is 79.4 Å². The first kappa shape index (κ1) is 11.9. The first-order chi connectivity index (χ1) is 5.19. The fraction of sp³-hybridized carbons (Fsp3) is 0.600. The van der Waals surface area contributed by atoms with Crippen molar-refractivity contribution in [2.45, 2.75) is 39.3 Å². The standard InChI is InChI=1S/C10H22Si2/c1-8-9-10(11(2,3)4)12(5,6)7/h8-9H,1H2,2-7H3. The van der Waals surface area contributed by atoms with Gasteiger partial charge >= 0.3 is 0 Å². The third-order valence-electron chi connectivity index (χ3n) is 1.90. The van der Waals surface area contributed by atoms with Crippen LogP contribution in [0.3, 0.4) is 0 Å². The Morgan fingerprint density at radius 1 is 0.917 bits per heavy atom. The maximum atomic E-state index is 3.80. The van der Waals surface area contributed by atoms with E-state index < -0.39 is 16.1 Å². The predicted molar refractivity (Wildman–Crippen MR) is 65.0 cm³/mol. The molecule has 0 N–H and O–H groups in total. The van der Waals surface area contributed by atoms with Crippen molar-refractivity contribution in [1.29, 1.82) is 0 Å². The first-order valence-corrected chi connectivity index (χ1v) is 11.5. The Morgan fingerprint density at radius 3 is 1.33 bits per heavy atom. The molecule has 0 fully saturated rings. The highest BCUT2D eigenvalue weighted by molar-refractivity contribution is 7.04. The quantitative estimate of drug-likeness (QED) is 0.477. The number of rotatable bonds is 3. The molecule has 0 aromatic heterocycles. The summed E-state index contributed by atoms with van der Waals surface area (Å²) in [7, 11) is -2.18. The van der Waals surface area contributed by atoms with Crippen molar-refractivity contribution >= 4 is 16.1 Å². The van der Waals surface area contributed by atoms with Crippen molar-refractivity contribution in [3.05, 3.63) is 23.6 Å². The summed E-state index contributed by atoms with van der Waals surface area (Å²) < 4.78 is 0. The Hall–Kier alpha value is -0.0862. The normalized spacial score (nSPS) is 12.5. The zero-order chi connectivity index (χ0) is 9.99. The third-order valence-corrected chi connectivity index (χ3v) is 9.97. The lowest BCUT2D eigenvalue weighted by Crippen LogP contribution is -2.39. The maximum absolute atomic E-state index is 3.80. The fourth-order valence-corrected chi connectivity index (χ4v) is 12.0. The van der Waals surface area contributed by atoms with E-state index in [0.29, 0.717) is 0 Å². The lowest BCUT2D eigenvalue weighted by atomic mass is 10.6. The number of hydrogen-bond donors (Lipinski definition) is 0. The van der Waals surface area contributed by atoms with Crippen molar-refractivity contribution in [2.24, 2.45) is 0 Å². The number of allylic oxidation sites excluding steroid dienone is 2. The molecular weight excluding hydrogens is 176 g/mol. The summed E-state index contributed by atoms with van der Waals surface area (Å²) in [6.07, 6.45) is 4.21. The van der Waals surface area contributed by atoms with E-state index in [-0.39, 0.29) is 0 Å². The smallest absolute Gasteiger partial charge is 0.0682 e. The van der Waals surface area contributed by atoms with Gasteiger partial charge in [-0.1, -0.05) is 62.8 Å². The molecule has 0 saturated heterocycles. The van der Waals surface area contributed by atoms with E-state index in [1.165, 1.54) is 0 Å². The molecule has 0 aromatic rings. The van der Waals surface area contributed by atoms with E-state index in [9.17, 15) is 0 Å². The highest BCUT2D eigenvalue weighted by atomic mass is 28.4. The van der Waals surface area contributed by atoms with Crippen LogP contribution in [0.4, 0.5) is 0 Å². The fourth-order valence-electron chi connectivity index (χ4n) is 1.74. The van der Waals surface area contributed by atoms with Gasteiger partial charge in [0.15, 0.2) is 0 Å². The van der Waals surface area contributed by atoms with Crippen LogP contribution >= 0.6 is 0 Å². The van der Waals surface area contributed by atoms with Gasteiger partial charge in [-0.05, 0) is 0 Å². The minimum atomic E-state index is -1.09. The van der Waals surface area contributed by atoms with Crippen LogP contribution < -0.4 is 0 Å². The van der Waals surface area contributed by atoms with E-state index in [1.807, 2.05) is 6.08 Å². The second-order valence-electron chi connectivity index (χ2n) is 5.32. The van der Waals surface area contributed by atoms with E-state index in [1.54, 1.807) is 4.82 Å². The summed E-state index contributed by atoms with van der Waals surface area (Å²) in [4.78, 5) is 1.73. The molecule has 0 spiro atoms. The maximum Gasteiger partial charge on any atom is 0.0682 e. The van der Waals surface area contributed by atoms with E-state index in [4.69, 9.17) is 0 Å². The molecule has 0 unspecified atom stereocenters. The van der Waals surface area contributed by atoms with Crippen LogP contribution in [0.1, 0.15) is 0 Å². The van der Waals surface area contributed by atoms with Crippen molar-refractivity contribution < 1.29 is 0 Å². The molecule has 0 heterocycles. The minimum absolute atomic E-state index is 1.09. The predicted octanol–water partition coefficient (Wildman–Crippen LogP) is 3.85. The molecule has 0 saturated carbocycles. The van der Waals surface area contributed by atoms with Crippen LogP contribution in [0.5, 0.6) is 0 Å². The van der Waals surface area contributed by atoms with Gasteiger partial charge in [0.25, 0.3) is 0 Å². The van der Waals surface area contributed by atoms with Crippen LogP contribution in [-0.2, 0) is 0 Å². The van der Waals surface area contributed by atoms with Gasteiger partial charge in [0, 0.05) is 0 Å². The van der Waals surface area contributed by atoms with E-state index >= 15 is 0 Å². The molecule has 0 bridgehead atoms. The molecular formula is C10H22Si2. The Bertz CT molecular complexity index is 173. The highest BCUT2D eigenvalue weighted by Gasteiger charge is 2.29. The van der Waals surface area contributed by atoms with Crippen LogP contribution in [0.15, 0.2) is 23.6 Å². The molecule has 0 radical (unpaired) electrons. The van der Waals surface area contributed by atoms with Crippen LogP contribution in [-0.4, -0.2) is 16.1 Å². The average Bonchev–Trinajstić information content (AvgIpc) is 1.77. The summed E-state index contributed by atoms with van der Waals surface area (Å²) in [5.74, 6) is 0. The largest absolute Gasteiger partial charge is 0.0991 e. The zero-order valence-corrected chi connectivity index (χ0v) is 11.4. The summed E-state index contributed by atoms with van der Waals surface area (Å²) in [5, 5.41) is 0. The average molecular weight is 198 g/mol. The first-order valence-electron chi connectivity index (χ1n) is 4.53.